The van der Waals surface area contributed by atoms with Crippen molar-refractivity contribution in [1.82, 2.24) is 10.2 Å². The van der Waals surface area contributed by atoms with Crippen LogP contribution in [0.3, 0.4) is 0 Å². The Kier molecular flexibility index (Phi) is 7.56. The highest BCUT2D eigenvalue weighted by molar-refractivity contribution is 6.32. The van der Waals surface area contributed by atoms with Crippen molar-refractivity contribution in [3.05, 3.63) is 58.7 Å². The van der Waals surface area contributed by atoms with E-state index in [0.29, 0.717) is 16.9 Å². The van der Waals surface area contributed by atoms with E-state index in [1.807, 2.05) is 44.2 Å². The minimum atomic E-state index is -2.76. The van der Waals surface area contributed by atoms with Gasteiger partial charge in [-0.1, -0.05) is 30.3 Å². The number of amides is 1. The number of ketones is 4. The number of carbonyl (C=O) groups excluding carboxylic acids is 5. The van der Waals surface area contributed by atoms with E-state index in [1.54, 1.807) is 14.1 Å². The van der Waals surface area contributed by atoms with Crippen LogP contribution in [0.15, 0.2) is 36.4 Å². The van der Waals surface area contributed by atoms with Gasteiger partial charge in [0.05, 0.1) is 24.6 Å². The van der Waals surface area contributed by atoms with Crippen molar-refractivity contribution in [2.75, 3.05) is 21.2 Å². The highest BCUT2D eigenvalue weighted by Gasteiger charge is 2.69. The van der Waals surface area contributed by atoms with Gasteiger partial charge in [-0.25, -0.2) is 0 Å². The van der Waals surface area contributed by atoms with Crippen LogP contribution in [0.5, 0.6) is 11.5 Å². The third kappa shape index (κ3) is 4.57. The van der Waals surface area contributed by atoms with Crippen molar-refractivity contribution in [3.8, 4) is 11.5 Å². The lowest BCUT2D eigenvalue weighted by Gasteiger charge is -2.52. The smallest absolute Gasteiger partial charge is 0.235 e. The Bertz CT molecular complexity index is 1530. The number of likely N-dealkylation sites (N-methyl/N-ethyl adjacent to an activating group) is 1. The van der Waals surface area contributed by atoms with Crippen LogP contribution in [0.1, 0.15) is 47.3 Å². The van der Waals surface area contributed by atoms with Gasteiger partial charge in [-0.2, -0.15) is 0 Å². The van der Waals surface area contributed by atoms with E-state index in [2.05, 4.69) is 5.32 Å². The number of hydrogen-bond acceptors (Lipinski definition) is 10. The van der Waals surface area contributed by atoms with Gasteiger partial charge in [-0.15, -0.1) is 0 Å². The maximum atomic E-state index is 14.0. The molecule has 0 saturated heterocycles. The SMILES string of the molecule is COc1c(CNC(C)(C)c2ccccc2)cc(O)c2c1C[C@H]1C[C@H]3[C@H](N(C)C)C(=O)C(C(N)=O)C(=O)[C@@]3(O)C(=O)C1C2=O. The van der Waals surface area contributed by atoms with Gasteiger partial charge in [0.25, 0.3) is 0 Å². The number of nitrogens with zero attached hydrogens (tertiary/aromatic N) is 1. The fraction of sp³-hybridized carbons (Fsp3) is 0.469. The minimum absolute atomic E-state index is 0.0304. The second-order valence-electron chi connectivity index (χ2n) is 12.6. The molecule has 0 aromatic heterocycles. The first kappa shape index (κ1) is 30.5. The Morgan fingerprint density at radius 2 is 1.79 bits per heavy atom. The fourth-order valence-electron chi connectivity index (χ4n) is 7.38. The Morgan fingerprint density at radius 3 is 2.37 bits per heavy atom. The topological polar surface area (TPSA) is 176 Å². The number of aromatic hydroxyl groups is 1. The number of ether oxygens (including phenoxy) is 1. The molecule has 0 spiro atoms. The first-order chi connectivity index (χ1) is 20.2. The summed E-state index contributed by atoms with van der Waals surface area (Å²) in [5, 5.41) is 26.3. The number of fused-ring (bicyclic) bond motifs is 3. The number of phenolic OH excluding ortho intramolecular Hbond substituents is 1. The average molecular weight is 592 g/mol. The second-order valence-corrected chi connectivity index (χ2v) is 12.6. The normalized spacial score (nSPS) is 28.8. The minimum Gasteiger partial charge on any atom is -0.507 e. The number of rotatable bonds is 7. The summed E-state index contributed by atoms with van der Waals surface area (Å²) in [6.45, 7) is 4.33. The van der Waals surface area contributed by atoms with Gasteiger partial charge < -0.3 is 26.0 Å². The molecular weight excluding hydrogens is 554 g/mol. The summed E-state index contributed by atoms with van der Waals surface area (Å²) < 4.78 is 5.78. The van der Waals surface area contributed by atoms with Gasteiger partial charge in [-0.3, -0.25) is 28.9 Å². The summed E-state index contributed by atoms with van der Waals surface area (Å²) in [5.41, 5.74) is 4.14. The molecule has 11 nitrogen and oxygen atoms in total. The second kappa shape index (κ2) is 10.7. The molecule has 0 radical (unpaired) electrons. The number of aliphatic hydroxyl groups is 1. The molecule has 2 aromatic carbocycles. The number of carbonyl (C=O) groups is 5. The molecule has 2 aromatic rings. The molecule has 5 rings (SSSR count). The van der Waals surface area contributed by atoms with E-state index in [9.17, 15) is 34.2 Å². The standard InChI is InChI=1S/C32H37N3O8/c1-31(2,17-9-7-6-8-10-17)34-14-16-13-20(36)22-18(27(16)43-5)11-15-12-19-24(35(3)4)26(38)23(30(33)41)29(40)32(19,42)28(39)21(15)25(22)37/h6-10,13,15,19,21,23-24,34,36,42H,11-12,14H2,1-5H3,(H2,33,41)/t15-,19-,21?,23?,24-,32-/m0/s1. The predicted molar refractivity (Wildman–Crippen MR) is 154 cm³/mol. The Morgan fingerprint density at radius 1 is 1.14 bits per heavy atom. The molecule has 5 N–H and O–H groups in total. The zero-order chi connectivity index (χ0) is 31.6. The van der Waals surface area contributed by atoms with E-state index in [4.69, 9.17) is 10.5 Å². The molecule has 6 atom stereocenters. The van der Waals surface area contributed by atoms with E-state index in [-0.39, 0.29) is 30.7 Å². The highest BCUT2D eigenvalue weighted by atomic mass is 16.5. The van der Waals surface area contributed by atoms with E-state index >= 15 is 0 Å². The number of phenols is 1. The number of Topliss-reactive ketones (excluding diaryl/α,β-unsaturated/α-hetero) is 4. The zero-order valence-corrected chi connectivity index (χ0v) is 24.8. The Hall–Kier alpha value is -3.93. The van der Waals surface area contributed by atoms with Crippen molar-refractivity contribution < 1.29 is 38.9 Å². The molecule has 0 bridgehead atoms. The molecule has 2 unspecified atom stereocenters. The van der Waals surface area contributed by atoms with Gasteiger partial charge in [0.15, 0.2) is 34.7 Å². The van der Waals surface area contributed by atoms with Gasteiger partial charge in [0.1, 0.15) is 11.5 Å². The van der Waals surface area contributed by atoms with Crippen molar-refractivity contribution in [1.29, 1.82) is 0 Å². The Balaban J connectivity index is 1.55. The number of methoxy groups -OCH3 is 1. The van der Waals surface area contributed by atoms with Crippen molar-refractivity contribution in [3.63, 3.8) is 0 Å². The van der Waals surface area contributed by atoms with Crippen LogP contribution >= 0.6 is 0 Å². The lowest BCUT2D eigenvalue weighted by Crippen LogP contribution is -2.74. The molecular formula is C32H37N3O8. The van der Waals surface area contributed by atoms with Crippen LogP contribution in [0.2, 0.25) is 0 Å². The molecule has 3 aliphatic carbocycles. The third-order valence-electron chi connectivity index (χ3n) is 9.51. The Labute approximate surface area is 249 Å². The molecule has 2 saturated carbocycles. The summed E-state index contributed by atoms with van der Waals surface area (Å²) in [6.07, 6.45) is 0.0931. The molecule has 0 aliphatic heterocycles. The summed E-state index contributed by atoms with van der Waals surface area (Å²) in [5.74, 6) is -10.5. The zero-order valence-electron chi connectivity index (χ0n) is 24.8. The number of hydrogen-bond donors (Lipinski definition) is 4. The quantitative estimate of drug-likeness (QED) is 0.339. The van der Waals surface area contributed by atoms with Crippen LogP contribution in [0.4, 0.5) is 0 Å². The maximum Gasteiger partial charge on any atom is 0.235 e. The van der Waals surface area contributed by atoms with Crippen LogP contribution in [-0.4, -0.2) is 77.0 Å². The lowest BCUT2D eigenvalue weighted by molar-refractivity contribution is -0.181. The summed E-state index contributed by atoms with van der Waals surface area (Å²) in [6, 6.07) is 10.1. The lowest BCUT2D eigenvalue weighted by atomic mass is 9.52. The van der Waals surface area contributed by atoms with Crippen molar-refractivity contribution in [2.45, 2.75) is 50.4 Å². The molecule has 1 amide bonds. The predicted octanol–water partition coefficient (Wildman–Crippen LogP) is 0.901. The van der Waals surface area contributed by atoms with Gasteiger partial charge >= 0.3 is 0 Å². The summed E-state index contributed by atoms with van der Waals surface area (Å²) >= 11 is 0. The van der Waals surface area contributed by atoms with Gasteiger partial charge in [-0.05, 0) is 58.3 Å². The number of nitrogens with two attached hydrogens (primary N) is 1. The fourth-order valence-corrected chi connectivity index (χ4v) is 7.38. The average Bonchev–Trinajstić information content (AvgIpc) is 2.94. The van der Waals surface area contributed by atoms with E-state index < -0.39 is 69.9 Å². The first-order valence-electron chi connectivity index (χ1n) is 14.2. The molecule has 228 valence electrons. The molecule has 2 fully saturated rings. The number of primary amides is 1. The molecule has 0 heterocycles. The highest BCUT2D eigenvalue weighted by Crippen LogP contribution is 2.52. The largest absolute Gasteiger partial charge is 0.507 e. The number of benzene rings is 2. The monoisotopic (exact) mass is 591 g/mol. The van der Waals surface area contributed by atoms with E-state index in [0.717, 1.165) is 5.56 Å². The van der Waals surface area contributed by atoms with Crippen molar-refractivity contribution >= 4 is 29.0 Å². The van der Waals surface area contributed by atoms with Crippen molar-refractivity contribution in [2.24, 2.45) is 29.4 Å². The van der Waals surface area contributed by atoms with Crippen LogP contribution in [0, 0.1) is 23.7 Å². The van der Waals surface area contributed by atoms with Crippen LogP contribution in [0.25, 0.3) is 0 Å². The summed E-state index contributed by atoms with van der Waals surface area (Å²) in [4.78, 5) is 68.2. The van der Waals surface area contributed by atoms with Crippen LogP contribution < -0.4 is 15.8 Å². The molecule has 43 heavy (non-hydrogen) atoms. The van der Waals surface area contributed by atoms with Gasteiger partial charge in [0, 0.05) is 29.1 Å². The van der Waals surface area contributed by atoms with Crippen LogP contribution in [-0.2, 0) is 37.7 Å². The third-order valence-corrected chi connectivity index (χ3v) is 9.51. The van der Waals surface area contributed by atoms with Gasteiger partial charge in [0.2, 0.25) is 5.91 Å². The maximum absolute atomic E-state index is 14.0. The summed E-state index contributed by atoms with van der Waals surface area (Å²) in [7, 11) is 4.56. The van der Waals surface area contributed by atoms with E-state index in [1.165, 1.54) is 18.1 Å². The molecule has 11 heteroatoms. The molecule has 3 aliphatic rings. The first-order valence-corrected chi connectivity index (χ1v) is 14.2. The number of nitrogens with one attached hydrogen (secondary N) is 1.